The van der Waals surface area contributed by atoms with Crippen molar-refractivity contribution in [3.05, 3.63) is 21.7 Å². The van der Waals surface area contributed by atoms with E-state index in [-0.39, 0.29) is 0 Å². The molecule has 0 bridgehead atoms. The Hall–Kier alpha value is -1.27. The predicted octanol–water partition coefficient (Wildman–Crippen LogP) is 1.74. The summed E-state index contributed by atoms with van der Waals surface area (Å²) in [6.07, 6.45) is -1.33. The highest BCUT2D eigenvalue weighted by atomic mass is 79.9. The Morgan fingerprint density at radius 1 is 1.50 bits per heavy atom. The van der Waals surface area contributed by atoms with Crippen molar-refractivity contribution < 1.29 is 24.1 Å². The van der Waals surface area contributed by atoms with Gasteiger partial charge in [-0.15, -0.1) is 0 Å². The van der Waals surface area contributed by atoms with Crippen molar-refractivity contribution in [2.45, 2.75) is 13.0 Å². The summed E-state index contributed by atoms with van der Waals surface area (Å²) in [7, 11) is 1.23. The molecule has 2 rings (SSSR count). The molecule has 0 spiro atoms. The van der Waals surface area contributed by atoms with Gasteiger partial charge in [-0.05, 0) is 40.0 Å². The third-order valence-corrected chi connectivity index (χ3v) is 3.73. The van der Waals surface area contributed by atoms with Crippen molar-refractivity contribution in [2.75, 3.05) is 20.3 Å². The number of carbonyl (C=O) groups excluding carboxylic acids is 1. The lowest BCUT2D eigenvalue weighted by molar-refractivity contribution is -0.150. The second-order valence-corrected chi connectivity index (χ2v) is 4.65. The molecule has 1 aromatic rings. The normalized spacial score (nSPS) is 15.1. The molecule has 0 radical (unpaired) electrons. The molecule has 1 aliphatic heterocycles. The van der Waals surface area contributed by atoms with Gasteiger partial charge in [0, 0.05) is 0 Å². The summed E-state index contributed by atoms with van der Waals surface area (Å²) in [4.78, 5) is 11.4. The lowest BCUT2D eigenvalue weighted by Crippen LogP contribution is -2.19. The molecule has 5 nitrogen and oxygen atoms in total. The second-order valence-electron chi connectivity index (χ2n) is 3.85. The molecular formula is C12H13BrO5. The highest BCUT2D eigenvalue weighted by molar-refractivity contribution is 9.10. The van der Waals surface area contributed by atoms with Crippen LogP contribution in [0.2, 0.25) is 0 Å². The largest absolute Gasteiger partial charge is 0.486 e. The van der Waals surface area contributed by atoms with Gasteiger partial charge in [0.15, 0.2) is 17.6 Å². The maximum Gasteiger partial charge on any atom is 0.339 e. The van der Waals surface area contributed by atoms with Gasteiger partial charge < -0.3 is 19.3 Å². The van der Waals surface area contributed by atoms with Crippen LogP contribution in [0.3, 0.4) is 0 Å². The first-order chi connectivity index (χ1) is 8.56. The van der Waals surface area contributed by atoms with Gasteiger partial charge in [-0.3, -0.25) is 0 Å². The Kier molecular flexibility index (Phi) is 3.77. The molecule has 0 saturated heterocycles. The molecule has 0 fully saturated rings. The molecule has 0 aliphatic carbocycles. The number of aliphatic hydroxyl groups excluding tert-OH is 1. The lowest BCUT2D eigenvalue weighted by Gasteiger charge is -2.23. The monoisotopic (exact) mass is 316 g/mol. The van der Waals surface area contributed by atoms with Crippen LogP contribution in [0.5, 0.6) is 11.5 Å². The Labute approximate surface area is 113 Å². The van der Waals surface area contributed by atoms with Crippen molar-refractivity contribution in [2.24, 2.45) is 0 Å². The Bertz CT molecular complexity index is 486. The third-order valence-electron chi connectivity index (χ3n) is 2.78. The van der Waals surface area contributed by atoms with E-state index in [4.69, 9.17) is 9.47 Å². The van der Waals surface area contributed by atoms with Crippen LogP contribution in [0.15, 0.2) is 10.5 Å². The Morgan fingerprint density at radius 2 is 2.17 bits per heavy atom. The van der Waals surface area contributed by atoms with Crippen LogP contribution in [0.4, 0.5) is 0 Å². The maximum absolute atomic E-state index is 11.4. The fourth-order valence-corrected chi connectivity index (χ4v) is 2.32. The van der Waals surface area contributed by atoms with Crippen LogP contribution in [0, 0.1) is 6.92 Å². The number of esters is 1. The molecule has 6 heteroatoms. The van der Waals surface area contributed by atoms with E-state index in [0.717, 1.165) is 5.56 Å². The summed E-state index contributed by atoms with van der Waals surface area (Å²) in [6, 6.07) is 1.61. The minimum atomic E-state index is -1.33. The van der Waals surface area contributed by atoms with E-state index in [1.54, 1.807) is 13.0 Å². The van der Waals surface area contributed by atoms with Gasteiger partial charge in [0.1, 0.15) is 13.2 Å². The maximum atomic E-state index is 11.4. The molecule has 1 aromatic carbocycles. The van der Waals surface area contributed by atoms with Gasteiger partial charge in [0.2, 0.25) is 0 Å². The molecule has 1 atom stereocenters. The van der Waals surface area contributed by atoms with Crippen LogP contribution in [-0.4, -0.2) is 31.4 Å². The minimum Gasteiger partial charge on any atom is -0.486 e. The van der Waals surface area contributed by atoms with E-state index in [9.17, 15) is 9.90 Å². The smallest absolute Gasteiger partial charge is 0.339 e. The molecule has 1 aliphatic rings. The Morgan fingerprint density at radius 3 is 2.83 bits per heavy atom. The highest BCUT2D eigenvalue weighted by Gasteiger charge is 2.26. The zero-order valence-corrected chi connectivity index (χ0v) is 11.6. The molecule has 0 saturated carbocycles. The van der Waals surface area contributed by atoms with Gasteiger partial charge >= 0.3 is 5.97 Å². The van der Waals surface area contributed by atoms with Crippen molar-refractivity contribution >= 4 is 21.9 Å². The lowest BCUT2D eigenvalue weighted by atomic mass is 10.0. The van der Waals surface area contributed by atoms with Crippen LogP contribution in [-0.2, 0) is 9.53 Å². The van der Waals surface area contributed by atoms with E-state index in [1.165, 1.54) is 7.11 Å². The topological polar surface area (TPSA) is 65.0 Å². The van der Waals surface area contributed by atoms with Crippen molar-refractivity contribution in [1.29, 1.82) is 0 Å². The second kappa shape index (κ2) is 5.16. The summed E-state index contributed by atoms with van der Waals surface area (Å²) in [6.45, 7) is 2.70. The third kappa shape index (κ3) is 2.18. The van der Waals surface area contributed by atoms with Crippen LogP contribution in [0.25, 0.3) is 0 Å². The number of hydrogen-bond acceptors (Lipinski definition) is 5. The first-order valence-electron chi connectivity index (χ1n) is 5.40. The first-order valence-corrected chi connectivity index (χ1v) is 6.20. The SMILES string of the molecule is COC(=O)C(O)c1cc2c(c(Br)c1C)OCCO2. The van der Waals surface area contributed by atoms with Gasteiger partial charge in [-0.25, -0.2) is 4.79 Å². The van der Waals surface area contributed by atoms with Gasteiger partial charge in [0.05, 0.1) is 11.6 Å². The van der Waals surface area contributed by atoms with Crippen LogP contribution in [0.1, 0.15) is 17.2 Å². The van der Waals surface area contributed by atoms with Gasteiger partial charge in [0.25, 0.3) is 0 Å². The van der Waals surface area contributed by atoms with Crippen molar-refractivity contribution in [3.8, 4) is 11.5 Å². The average molecular weight is 317 g/mol. The van der Waals surface area contributed by atoms with Crippen molar-refractivity contribution in [1.82, 2.24) is 0 Å². The summed E-state index contributed by atoms with van der Waals surface area (Å²) in [5.74, 6) is 0.401. The molecule has 1 unspecified atom stereocenters. The zero-order chi connectivity index (χ0) is 13.3. The quantitative estimate of drug-likeness (QED) is 0.842. The molecule has 0 amide bonds. The molecule has 1 heterocycles. The fraction of sp³-hybridized carbons (Fsp3) is 0.417. The average Bonchev–Trinajstić information content (AvgIpc) is 2.41. The van der Waals surface area contributed by atoms with Crippen LogP contribution >= 0.6 is 15.9 Å². The van der Waals surface area contributed by atoms with Gasteiger partial charge in [-0.2, -0.15) is 0 Å². The van der Waals surface area contributed by atoms with E-state index < -0.39 is 12.1 Å². The van der Waals surface area contributed by atoms with E-state index >= 15 is 0 Å². The number of methoxy groups -OCH3 is 1. The number of ether oxygens (including phenoxy) is 3. The van der Waals surface area contributed by atoms with E-state index in [1.807, 2.05) is 0 Å². The number of aliphatic hydroxyl groups is 1. The molecule has 18 heavy (non-hydrogen) atoms. The number of carbonyl (C=O) groups is 1. The summed E-state index contributed by atoms with van der Waals surface area (Å²) in [5, 5.41) is 9.90. The van der Waals surface area contributed by atoms with E-state index in [2.05, 4.69) is 20.7 Å². The zero-order valence-electron chi connectivity index (χ0n) is 10.0. The molecule has 0 aromatic heterocycles. The summed E-state index contributed by atoms with van der Waals surface area (Å²) in [5.41, 5.74) is 1.16. The number of hydrogen-bond donors (Lipinski definition) is 1. The highest BCUT2D eigenvalue weighted by Crippen LogP contribution is 2.42. The van der Waals surface area contributed by atoms with Gasteiger partial charge in [-0.1, -0.05) is 0 Å². The number of rotatable bonds is 2. The fourth-order valence-electron chi connectivity index (χ4n) is 1.78. The summed E-state index contributed by atoms with van der Waals surface area (Å²) >= 11 is 3.39. The predicted molar refractivity (Wildman–Crippen MR) is 66.8 cm³/mol. The first kappa shape index (κ1) is 13.2. The molecule has 1 N–H and O–H groups in total. The number of halogens is 1. The minimum absolute atomic E-state index is 0.441. The van der Waals surface area contributed by atoms with E-state index in [0.29, 0.717) is 34.7 Å². The standard InChI is InChI=1S/C12H13BrO5/c1-6-7(10(14)12(15)16-2)5-8-11(9(6)13)18-4-3-17-8/h5,10,14H,3-4H2,1-2H3. The van der Waals surface area contributed by atoms with Crippen molar-refractivity contribution in [3.63, 3.8) is 0 Å². The summed E-state index contributed by atoms with van der Waals surface area (Å²) < 4.78 is 16.1. The number of fused-ring (bicyclic) bond motifs is 1. The molecular weight excluding hydrogens is 304 g/mol. The number of benzene rings is 1. The Balaban J connectivity index is 2.49. The molecule has 98 valence electrons. The van der Waals surface area contributed by atoms with Crippen LogP contribution < -0.4 is 9.47 Å².